The number of alkyl halides is 5. The number of hydrogen-bond donors (Lipinski definition) is 0. The summed E-state index contributed by atoms with van der Waals surface area (Å²) in [7, 11) is 0. The van der Waals surface area contributed by atoms with Crippen LogP contribution in [-0.4, -0.2) is 55.8 Å². The lowest BCUT2D eigenvalue weighted by atomic mass is 9.84. The van der Waals surface area contributed by atoms with E-state index in [4.69, 9.17) is 0 Å². The van der Waals surface area contributed by atoms with E-state index in [1.807, 2.05) is 6.92 Å². The van der Waals surface area contributed by atoms with Gasteiger partial charge in [-0.2, -0.15) is 23.3 Å². The highest BCUT2D eigenvalue weighted by Gasteiger charge is 2.36. The molecule has 1 aliphatic rings. The van der Waals surface area contributed by atoms with Crippen LogP contribution >= 0.6 is 0 Å². The van der Waals surface area contributed by atoms with Gasteiger partial charge in [0, 0.05) is 36.0 Å². The first kappa shape index (κ1) is 24.5. The highest BCUT2D eigenvalue weighted by Crippen LogP contribution is 2.34. The Kier molecular flexibility index (Phi) is 6.94. The lowest BCUT2D eigenvalue weighted by Crippen LogP contribution is -2.44. The molecule has 0 radical (unpaired) electrons. The Balaban J connectivity index is 1.85. The Morgan fingerprint density at radius 3 is 2.64 bits per heavy atom. The maximum Gasteiger partial charge on any atom is 0.433 e. The number of aliphatic imine (C=N–C) groups is 1. The van der Waals surface area contributed by atoms with E-state index in [0.29, 0.717) is 18.7 Å². The topological polar surface area (TPSA) is 76.3 Å². The van der Waals surface area contributed by atoms with Crippen LogP contribution < -0.4 is 0 Å². The average Bonchev–Trinajstić information content (AvgIpc) is 3.20. The van der Waals surface area contributed by atoms with Gasteiger partial charge in [0.1, 0.15) is 12.0 Å². The summed E-state index contributed by atoms with van der Waals surface area (Å²) in [6.45, 7) is 9.04. The summed E-state index contributed by atoms with van der Waals surface area (Å²) >= 11 is 0. The number of piperidine rings is 1. The van der Waals surface area contributed by atoms with Crippen molar-refractivity contribution in [3.05, 3.63) is 42.0 Å². The number of pyridine rings is 1. The van der Waals surface area contributed by atoms with Gasteiger partial charge in [0.15, 0.2) is 0 Å². The van der Waals surface area contributed by atoms with Crippen molar-refractivity contribution in [3.63, 3.8) is 0 Å². The second kappa shape index (κ2) is 9.36. The number of carbonyl (C=O) groups is 1. The fourth-order valence-corrected chi connectivity index (χ4v) is 3.69. The highest BCUT2D eigenvalue weighted by atomic mass is 19.4. The van der Waals surface area contributed by atoms with Gasteiger partial charge in [0.25, 0.3) is 18.3 Å². The molecule has 0 aromatic carbocycles. The van der Waals surface area contributed by atoms with E-state index in [1.54, 1.807) is 0 Å². The molecule has 3 heterocycles. The van der Waals surface area contributed by atoms with Crippen LogP contribution in [0.3, 0.4) is 0 Å². The fraction of sp³-hybridized carbons (Fsp3) is 0.476. The second-order valence-electron chi connectivity index (χ2n) is 8.02. The Morgan fingerprint density at radius 1 is 1.30 bits per heavy atom. The average molecular weight is 470 g/mol. The molecule has 0 spiro atoms. The van der Waals surface area contributed by atoms with Gasteiger partial charge in [-0.05, 0) is 38.3 Å². The van der Waals surface area contributed by atoms with E-state index in [-0.39, 0.29) is 35.6 Å². The normalized spacial score (nSPS) is 19.8. The summed E-state index contributed by atoms with van der Waals surface area (Å²) in [5.74, 6) is -0.909. The Morgan fingerprint density at radius 2 is 2.00 bits per heavy atom. The minimum absolute atomic E-state index is 0.0451. The molecular formula is C21H23F5N6O. The third-order valence-electron chi connectivity index (χ3n) is 5.56. The largest absolute Gasteiger partial charge is 0.433 e. The molecule has 0 N–H and O–H groups in total. The van der Waals surface area contributed by atoms with Crippen LogP contribution in [0, 0.1) is 18.8 Å². The van der Waals surface area contributed by atoms with Crippen LogP contribution in [0.1, 0.15) is 42.0 Å². The van der Waals surface area contributed by atoms with Crippen molar-refractivity contribution in [1.29, 1.82) is 0 Å². The van der Waals surface area contributed by atoms with E-state index in [1.165, 1.54) is 29.5 Å². The maximum absolute atomic E-state index is 13.1. The molecule has 7 nitrogen and oxygen atoms in total. The summed E-state index contributed by atoms with van der Waals surface area (Å²) < 4.78 is 66.4. The first-order valence-corrected chi connectivity index (χ1v) is 10.2. The van der Waals surface area contributed by atoms with Crippen LogP contribution in [0.2, 0.25) is 0 Å². The minimum Gasteiger partial charge on any atom is -0.338 e. The monoisotopic (exact) mass is 470 g/mol. The summed E-state index contributed by atoms with van der Waals surface area (Å²) in [4.78, 5) is 25.7. The van der Waals surface area contributed by atoms with Gasteiger partial charge < -0.3 is 4.90 Å². The molecule has 0 unspecified atom stereocenters. The van der Waals surface area contributed by atoms with Crippen molar-refractivity contribution in [2.24, 2.45) is 16.8 Å². The predicted octanol–water partition coefficient (Wildman–Crippen LogP) is 4.63. The van der Waals surface area contributed by atoms with Crippen molar-refractivity contribution in [3.8, 4) is 0 Å². The molecule has 2 aromatic heterocycles. The zero-order chi connectivity index (χ0) is 24.5. The van der Waals surface area contributed by atoms with E-state index in [9.17, 15) is 26.7 Å². The highest BCUT2D eigenvalue weighted by molar-refractivity contribution is 5.94. The van der Waals surface area contributed by atoms with Crippen LogP contribution in [-0.2, 0) is 6.18 Å². The number of amides is 1. The summed E-state index contributed by atoms with van der Waals surface area (Å²) in [5, 5.41) is 4.03. The number of aryl methyl sites for hydroxylation is 1. The smallest absolute Gasteiger partial charge is 0.338 e. The molecule has 2 atom stereocenters. The zero-order valence-corrected chi connectivity index (χ0v) is 18.3. The first-order chi connectivity index (χ1) is 15.4. The van der Waals surface area contributed by atoms with Crippen molar-refractivity contribution in [2.75, 3.05) is 13.1 Å². The predicted molar refractivity (Wildman–Crippen MR) is 111 cm³/mol. The molecular weight excluding hydrogens is 447 g/mol. The lowest BCUT2D eigenvalue weighted by Gasteiger charge is -2.38. The van der Waals surface area contributed by atoms with Crippen LogP contribution in [0.25, 0.3) is 5.70 Å². The number of hydrogen-bond acceptors (Lipinski definition) is 5. The quantitative estimate of drug-likeness (QED) is 0.472. The second-order valence-corrected chi connectivity index (χ2v) is 8.02. The van der Waals surface area contributed by atoms with Crippen molar-refractivity contribution in [1.82, 2.24) is 24.6 Å². The van der Waals surface area contributed by atoms with E-state index < -0.39 is 29.9 Å². The third kappa shape index (κ3) is 5.42. The summed E-state index contributed by atoms with van der Waals surface area (Å²) in [6.07, 6.45) is -5.70. The van der Waals surface area contributed by atoms with Crippen molar-refractivity contribution >= 4 is 23.3 Å². The molecule has 3 rings (SSSR count). The van der Waals surface area contributed by atoms with E-state index in [0.717, 1.165) is 12.4 Å². The number of carbonyl (C=O) groups excluding carboxylic acids is 1. The molecule has 12 heteroatoms. The number of aromatic nitrogens is 4. The third-order valence-corrected chi connectivity index (χ3v) is 5.56. The van der Waals surface area contributed by atoms with Crippen LogP contribution in [0.5, 0.6) is 0 Å². The van der Waals surface area contributed by atoms with Gasteiger partial charge in [-0.1, -0.05) is 13.5 Å². The van der Waals surface area contributed by atoms with E-state index >= 15 is 0 Å². The number of likely N-dealkylation sites (tertiary alicyclic amines) is 1. The standard InChI is InChI=1S/C21H23F5N6O/c1-11-5-6-31(19(33)15-7-12(2)29-17(8-15)21(24,25)26)9-16(11)14(4)32-20(27-10-28-32)30-13(3)18(22)23/h7-8,10-11,16,18H,4-6,9H2,1-3H3/b30-13+/t11-,16-/m1/s1. The molecule has 178 valence electrons. The molecule has 1 aliphatic heterocycles. The maximum atomic E-state index is 13.1. The Labute approximate surface area is 187 Å². The van der Waals surface area contributed by atoms with Gasteiger partial charge >= 0.3 is 6.18 Å². The SMILES string of the molecule is C=C([C@@H]1CN(C(=O)c2cc(C)nc(C(F)(F)F)c2)CC[C@H]1C)n1ncnc1/N=C(\C)C(F)F. The van der Waals surface area contributed by atoms with Crippen molar-refractivity contribution < 1.29 is 26.7 Å². The molecule has 1 amide bonds. The summed E-state index contributed by atoms with van der Waals surface area (Å²) in [6, 6.07) is 2.06. The minimum atomic E-state index is -4.67. The number of halogens is 5. The van der Waals surface area contributed by atoms with Crippen molar-refractivity contribution in [2.45, 2.75) is 39.8 Å². The van der Waals surface area contributed by atoms with Crippen LogP contribution in [0.4, 0.5) is 27.9 Å². The molecule has 0 saturated carbocycles. The van der Waals surface area contributed by atoms with Gasteiger partial charge in [-0.15, -0.1) is 0 Å². The number of nitrogens with zero attached hydrogens (tertiary/aromatic N) is 6. The molecule has 33 heavy (non-hydrogen) atoms. The van der Waals surface area contributed by atoms with Gasteiger partial charge in [0.2, 0.25) is 0 Å². The van der Waals surface area contributed by atoms with Crippen LogP contribution in [0.15, 0.2) is 30.0 Å². The molecule has 1 fully saturated rings. The van der Waals surface area contributed by atoms with E-state index in [2.05, 4.69) is 26.6 Å². The molecule has 1 saturated heterocycles. The Hall–Kier alpha value is -3.18. The molecule has 2 aromatic rings. The van der Waals surface area contributed by atoms with Gasteiger partial charge in [-0.25, -0.2) is 23.4 Å². The molecule has 0 aliphatic carbocycles. The first-order valence-electron chi connectivity index (χ1n) is 10.2. The summed E-state index contributed by atoms with van der Waals surface area (Å²) in [5.41, 5.74) is -1.18. The molecule has 0 bridgehead atoms. The fourth-order valence-electron chi connectivity index (χ4n) is 3.69. The lowest BCUT2D eigenvalue weighted by molar-refractivity contribution is -0.141. The zero-order valence-electron chi connectivity index (χ0n) is 18.3. The number of rotatable bonds is 5. The van der Waals surface area contributed by atoms with Gasteiger partial charge in [-0.3, -0.25) is 4.79 Å². The van der Waals surface area contributed by atoms with Gasteiger partial charge in [0.05, 0.1) is 5.71 Å². The Bertz CT molecular complexity index is 1080.